The monoisotopic (exact) mass is 214 g/mol. The number of methoxy groups -OCH3 is 1. The van der Waals surface area contributed by atoms with Crippen molar-refractivity contribution in [2.45, 2.75) is 6.92 Å². The van der Waals surface area contributed by atoms with E-state index in [1.807, 2.05) is 31.2 Å². The van der Waals surface area contributed by atoms with E-state index in [1.165, 1.54) is 0 Å². The lowest BCUT2D eigenvalue weighted by molar-refractivity contribution is 0.414. The summed E-state index contributed by atoms with van der Waals surface area (Å²) in [6, 6.07) is 9.75. The molecule has 0 unspecified atom stereocenters. The second-order valence-corrected chi connectivity index (χ2v) is 3.65. The van der Waals surface area contributed by atoms with Gasteiger partial charge in [-0.2, -0.15) is 0 Å². The average molecular weight is 214 g/mol. The van der Waals surface area contributed by atoms with E-state index >= 15 is 0 Å². The second kappa shape index (κ2) is 4.23. The van der Waals surface area contributed by atoms with Crippen LogP contribution in [0.2, 0.25) is 0 Å². The highest BCUT2D eigenvalue weighted by Crippen LogP contribution is 2.26. The number of nitrogen functional groups attached to an aromatic ring is 1. The van der Waals surface area contributed by atoms with Crippen LogP contribution in [0.5, 0.6) is 5.75 Å². The first kappa shape index (κ1) is 10.5. The molecule has 2 rings (SSSR count). The maximum atomic E-state index is 5.56. The lowest BCUT2D eigenvalue weighted by Gasteiger charge is -2.08. The quantitative estimate of drug-likeness (QED) is 0.836. The van der Waals surface area contributed by atoms with Crippen LogP contribution in [-0.2, 0) is 0 Å². The van der Waals surface area contributed by atoms with Gasteiger partial charge in [0.15, 0.2) is 0 Å². The zero-order chi connectivity index (χ0) is 11.5. The Morgan fingerprint density at radius 3 is 2.56 bits per heavy atom. The first-order valence-electron chi connectivity index (χ1n) is 5.07. The summed E-state index contributed by atoms with van der Waals surface area (Å²) in [6.45, 7) is 2.05. The molecule has 0 amide bonds. The summed E-state index contributed by atoms with van der Waals surface area (Å²) >= 11 is 0. The van der Waals surface area contributed by atoms with Crippen LogP contribution < -0.4 is 10.5 Å². The van der Waals surface area contributed by atoms with E-state index in [2.05, 4.69) is 4.98 Å². The van der Waals surface area contributed by atoms with E-state index in [0.29, 0.717) is 5.82 Å². The Hall–Kier alpha value is -2.03. The van der Waals surface area contributed by atoms with Gasteiger partial charge in [0.1, 0.15) is 11.6 Å². The number of nitrogens with zero attached hydrogens (tertiary/aromatic N) is 1. The van der Waals surface area contributed by atoms with Gasteiger partial charge in [-0.15, -0.1) is 0 Å². The number of hydrogen-bond acceptors (Lipinski definition) is 3. The first-order valence-corrected chi connectivity index (χ1v) is 5.07. The van der Waals surface area contributed by atoms with E-state index in [1.54, 1.807) is 19.4 Å². The van der Waals surface area contributed by atoms with Crippen molar-refractivity contribution in [1.29, 1.82) is 0 Å². The van der Waals surface area contributed by atoms with E-state index in [4.69, 9.17) is 10.5 Å². The molecule has 1 aromatic carbocycles. The van der Waals surface area contributed by atoms with Gasteiger partial charge in [0.05, 0.1) is 7.11 Å². The molecule has 0 atom stereocenters. The fraction of sp³-hybridized carbons (Fsp3) is 0.154. The molecule has 2 aromatic rings. The lowest BCUT2D eigenvalue weighted by atomic mass is 10.0. The van der Waals surface area contributed by atoms with E-state index in [9.17, 15) is 0 Å². The summed E-state index contributed by atoms with van der Waals surface area (Å²) in [7, 11) is 1.67. The zero-order valence-corrected chi connectivity index (χ0v) is 9.40. The largest absolute Gasteiger partial charge is 0.497 e. The van der Waals surface area contributed by atoms with Gasteiger partial charge in [-0.3, -0.25) is 0 Å². The number of aryl methyl sites for hydroxylation is 1. The fourth-order valence-electron chi connectivity index (χ4n) is 1.65. The molecule has 0 saturated heterocycles. The molecular weight excluding hydrogens is 200 g/mol. The standard InChI is InChI=1S/C13H14N2O/c1-9-7-11(16-2)4-5-12(9)10-3-6-13(14)15-8-10/h3-8H,1-2H3,(H2,14,15). The highest BCUT2D eigenvalue weighted by atomic mass is 16.5. The molecule has 2 N–H and O–H groups in total. The van der Waals surface area contributed by atoms with Gasteiger partial charge < -0.3 is 10.5 Å². The molecule has 0 aliphatic carbocycles. The minimum Gasteiger partial charge on any atom is -0.497 e. The van der Waals surface area contributed by atoms with E-state index in [0.717, 1.165) is 22.4 Å². The SMILES string of the molecule is COc1ccc(-c2ccc(N)nc2)c(C)c1. The van der Waals surface area contributed by atoms with Crippen molar-refractivity contribution in [3.05, 3.63) is 42.1 Å². The van der Waals surface area contributed by atoms with Gasteiger partial charge in [0, 0.05) is 11.8 Å². The molecule has 16 heavy (non-hydrogen) atoms. The summed E-state index contributed by atoms with van der Waals surface area (Å²) in [5, 5.41) is 0. The van der Waals surface area contributed by atoms with Crippen molar-refractivity contribution >= 4 is 5.82 Å². The number of nitrogens with two attached hydrogens (primary N) is 1. The van der Waals surface area contributed by atoms with Crippen molar-refractivity contribution in [3.63, 3.8) is 0 Å². The number of benzene rings is 1. The molecule has 0 bridgehead atoms. The number of anilines is 1. The highest BCUT2D eigenvalue weighted by molar-refractivity contribution is 5.68. The molecule has 1 aromatic heterocycles. The molecule has 0 radical (unpaired) electrons. The maximum Gasteiger partial charge on any atom is 0.123 e. The Morgan fingerprint density at radius 2 is 2.00 bits per heavy atom. The molecular formula is C13H14N2O. The predicted molar refractivity (Wildman–Crippen MR) is 65.4 cm³/mol. The van der Waals surface area contributed by atoms with Crippen molar-refractivity contribution in [3.8, 4) is 16.9 Å². The third-order valence-electron chi connectivity index (χ3n) is 2.53. The normalized spacial score (nSPS) is 10.1. The topological polar surface area (TPSA) is 48.1 Å². The molecule has 0 spiro atoms. The molecule has 0 saturated carbocycles. The van der Waals surface area contributed by atoms with Gasteiger partial charge >= 0.3 is 0 Å². The van der Waals surface area contributed by atoms with Gasteiger partial charge in [0.2, 0.25) is 0 Å². The average Bonchev–Trinajstić information content (AvgIpc) is 2.30. The van der Waals surface area contributed by atoms with Crippen LogP contribution in [0.4, 0.5) is 5.82 Å². The van der Waals surface area contributed by atoms with Crippen molar-refractivity contribution in [2.75, 3.05) is 12.8 Å². The lowest BCUT2D eigenvalue weighted by Crippen LogP contribution is -1.91. The number of ether oxygens (including phenoxy) is 1. The maximum absolute atomic E-state index is 5.56. The first-order chi connectivity index (χ1) is 7.70. The summed E-state index contributed by atoms with van der Waals surface area (Å²) in [4.78, 5) is 4.09. The summed E-state index contributed by atoms with van der Waals surface area (Å²) < 4.78 is 5.17. The Balaban J connectivity index is 2.44. The number of pyridine rings is 1. The summed E-state index contributed by atoms with van der Waals surface area (Å²) in [5.74, 6) is 1.40. The van der Waals surface area contributed by atoms with E-state index < -0.39 is 0 Å². The molecule has 0 fully saturated rings. The molecule has 3 heteroatoms. The fourth-order valence-corrected chi connectivity index (χ4v) is 1.65. The Morgan fingerprint density at radius 1 is 1.19 bits per heavy atom. The summed E-state index contributed by atoms with van der Waals surface area (Å²) in [5.41, 5.74) is 8.93. The van der Waals surface area contributed by atoms with Crippen LogP contribution in [0.3, 0.4) is 0 Å². The predicted octanol–water partition coefficient (Wildman–Crippen LogP) is 2.65. The van der Waals surface area contributed by atoms with Crippen LogP contribution >= 0.6 is 0 Å². The van der Waals surface area contributed by atoms with Crippen molar-refractivity contribution < 1.29 is 4.74 Å². The van der Waals surface area contributed by atoms with Gasteiger partial charge in [-0.1, -0.05) is 6.07 Å². The minimum absolute atomic E-state index is 0.537. The number of rotatable bonds is 2. The minimum atomic E-state index is 0.537. The van der Waals surface area contributed by atoms with Crippen LogP contribution in [0, 0.1) is 6.92 Å². The molecule has 0 aliphatic heterocycles. The molecule has 82 valence electrons. The number of aromatic nitrogens is 1. The molecule has 0 aliphatic rings. The zero-order valence-electron chi connectivity index (χ0n) is 9.40. The van der Waals surface area contributed by atoms with Gasteiger partial charge in [-0.25, -0.2) is 4.98 Å². The van der Waals surface area contributed by atoms with Crippen molar-refractivity contribution in [2.24, 2.45) is 0 Å². The van der Waals surface area contributed by atoms with Crippen LogP contribution in [0.25, 0.3) is 11.1 Å². The van der Waals surface area contributed by atoms with Crippen LogP contribution in [0.1, 0.15) is 5.56 Å². The summed E-state index contributed by atoms with van der Waals surface area (Å²) in [6.07, 6.45) is 1.78. The smallest absolute Gasteiger partial charge is 0.123 e. The third kappa shape index (κ3) is 1.98. The Labute approximate surface area is 94.9 Å². The third-order valence-corrected chi connectivity index (χ3v) is 2.53. The van der Waals surface area contributed by atoms with Gasteiger partial charge in [0.25, 0.3) is 0 Å². The number of hydrogen-bond donors (Lipinski definition) is 1. The van der Waals surface area contributed by atoms with E-state index in [-0.39, 0.29) is 0 Å². The molecule has 1 heterocycles. The van der Waals surface area contributed by atoms with Crippen molar-refractivity contribution in [1.82, 2.24) is 4.98 Å². The highest BCUT2D eigenvalue weighted by Gasteiger charge is 2.03. The Bertz CT molecular complexity index is 492. The van der Waals surface area contributed by atoms with Gasteiger partial charge in [-0.05, 0) is 42.3 Å². The molecule has 3 nitrogen and oxygen atoms in total. The Kier molecular flexibility index (Phi) is 2.77. The second-order valence-electron chi connectivity index (χ2n) is 3.65. The van der Waals surface area contributed by atoms with Crippen LogP contribution in [0.15, 0.2) is 36.5 Å². The van der Waals surface area contributed by atoms with Crippen LogP contribution in [-0.4, -0.2) is 12.1 Å².